The predicted molar refractivity (Wildman–Crippen MR) is 372 cm³/mol. The third kappa shape index (κ3) is 18.5. The Balaban J connectivity index is 0.811. The van der Waals surface area contributed by atoms with Gasteiger partial charge in [-0.2, -0.15) is 0 Å². The van der Waals surface area contributed by atoms with Crippen LogP contribution in [0.25, 0.3) is 0 Å². The molecule has 28 nitrogen and oxygen atoms in total. The molecule has 5 aliphatic heterocycles. The van der Waals surface area contributed by atoms with E-state index in [1.807, 2.05) is 13.8 Å². The number of imide groups is 1. The number of ketones is 2. The number of amides is 9. The summed E-state index contributed by atoms with van der Waals surface area (Å²) in [5.41, 5.74) is 8.66. The quantitative estimate of drug-likeness (QED) is 0.0131. The summed E-state index contributed by atoms with van der Waals surface area (Å²) in [7, 11) is -0.298. The van der Waals surface area contributed by atoms with Crippen LogP contribution in [0.2, 0.25) is 0 Å². The second kappa shape index (κ2) is 34.8. The molecular weight excluding hydrogens is 1320 g/mol. The van der Waals surface area contributed by atoms with Gasteiger partial charge >= 0.3 is 25.3 Å². The van der Waals surface area contributed by atoms with Gasteiger partial charge in [-0.1, -0.05) is 100 Å². The van der Waals surface area contributed by atoms with Crippen molar-refractivity contribution in [2.75, 3.05) is 56.3 Å². The number of fused-ring (bicyclic) bond motifs is 4. The van der Waals surface area contributed by atoms with E-state index in [4.69, 9.17) is 29.4 Å². The molecule has 0 aromatic heterocycles. The Morgan fingerprint density at radius 2 is 1.23 bits per heavy atom. The molecule has 7 atom stereocenters. The lowest BCUT2D eigenvalue weighted by Crippen LogP contribution is -2.50. The zero-order chi connectivity index (χ0) is 73.6. The zero-order valence-corrected chi connectivity index (χ0v) is 58.0. The molecule has 5 aliphatic rings. The average molecular weight is 1410 g/mol. The molecule has 0 saturated carbocycles. The molecule has 9 rings (SSSR count). The Hall–Kier alpha value is -9.68. The fourth-order valence-electron chi connectivity index (χ4n) is 13.4. The van der Waals surface area contributed by atoms with E-state index < -0.39 is 86.2 Å². The third-order valence-electron chi connectivity index (χ3n) is 19.1. The number of methoxy groups -OCH3 is 1. The molecule has 0 aliphatic carbocycles. The first-order chi connectivity index (χ1) is 48.8. The molecule has 3 saturated heterocycles. The number of carbonyl (C=O) groups is 10. The van der Waals surface area contributed by atoms with Crippen molar-refractivity contribution in [2.45, 2.75) is 161 Å². The number of nitrogens with zero attached hydrogens (tertiary/aromatic N) is 5. The van der Waals surface area contributed by atoms with Crippen LogP contribution in [0, 0.1) is 17.8 Å². The van der Waals surface area contributed by atoms with Gasteiger partial charge in [0.2, 0.25) is 17.7 Å². The van der Waals surface area contributed by atoms with E-state index in [1.165, 1.54) is 58.2 Å². The van der Waals surface area contributed by atoms with E-state index in [0.717, 1.165) is 9.80 Å². The van der Waals surface area contributed by atoms with Crippen molar-refractivity contribution < 1.29 is 97.0 Å². The van der Waals surface area contributed by atoms with Crippen LogP contribution in [0.1, 0.15) is 147 Å². The number of ether oxygens (including phenoxy) is 5. The second-order valence-corrected chi connectivity index (χ2v) is 27.0. The molecule has 102 heavy (non-hydrogen) atoms. The number of nitrogens with two attached hydrogens (primary N) is 1. The summed E-state index contributed by atoms with van der Waals surface area (Å²) in [6.45, 7) is 13.2. The van der Waals surface area contributed by atoms with Gasteiger partial charge in [0.15, 0.2) is 29.7 Å². The van der Waals surface area contributed by atoms with Crippen molar-refractivity contribution in [3.63, 3.8) is 0 Å². The third-order valence-corrected chi connectivity index (χ3v) is 19.1. The lowest BCUT2D eigenvalue weighted by Gasteiger charge is -2.31. The van der Waals surface area contributed by atoms with E-state index in [9.17, 15) is 73.3 Å². The highest BCUT2D eigenvalue weighted by molar-refractivity contribution is 6.58. The molecule has 3 fully saturated rings. The van der Waals surface area contributed by atoms with Crippen molar-refractivity contribution in [1.82, 2.24) is 25.3 Å². The van der Waals surface area contributed by atoms with Crippen molar-refractivity contribution in [2.24, 2.45) is 23.5 Å². The van der Waals surface area contributed by atoms with Crippen LogP contribution in [0.4, 0.5) is 25.8 Å². The highest BCUT2D eigenvalue weighted by atomic mass is 16.6. The number of benzene rings is 4. The molecule has 546 valence electrons. The van der Waals surface area contributed by atoms with E-state index in [2.05, 4.69) is 23.8 Å². The van der Waals surface area contributed by atoms with E-state index >= 15 is 0 Å². The normalized spacial score (nSPS) is 19.2. The molecule has 4 aromatic carbocycles. The van der Waals surface area contributed by atoms with Crippen LogP contribution < -0.4 is 45.8 Å². The van der Waals surface area contributed by atoms with Crippen LogP contribution in [0.3, 0.4) is 0 Å². The van der Waals surface area contributed by atoms with Gasteiger partial charge in [-0.05, 0) is 98.0 Å². The Kier molecular flexibility index (Phi) is 26.1. The summed E-state index contributed by atoms with van der Waals surface area (Å²) in [4.78, 5) is 140. The summed E-state index contributed by atoms with van der Waals surface area (Å²) >= 11 is 0. The number of hydrogen-bond donors (Lipinski definition) is 8. The maximum absolute atomic E-state index is 14.4. The molecular formula is C73H91BN8O20. The minimum Gasteiger partial charge on any atom is -0.493 e. The van der Waals surface area contributed by atoms with Crippen molar-refractivity contribution >= 4 is 83.3 Å². The first kappa shape index (κ1) is 76.5. The molecule has 0 radical (unpaired) electrons. The number of rotatable bonds is 33. The number of carbonyl (C=O) groups excluding carboxylic acids is 10. The number of hydrogen-bond acceptors (Lipinski definition) is 20. The molecule has 9 amide bonds. The van der Waals surface area contributed by atoms with E-state index in [0.29, 0.717) is 72.9 Å². The first-order valence-corrected chi connectivity index (χ1v) is 34.5. The Labute approximate surface area is 591 Å². The molecule has 0 spiro atoms. The maximum Gasteiger partial charge on any atom is 0.488 e. The number of nitrogens with one attached hydrogen (secondary N) is 2. The maximum atomic E-state index is 14.4. The number of likely N-dealkylation sites (tertiary alicyclic amines) is 1. The largest absolute Gasteiger partial charge is 0.493 e. The molecule has 29 heteroatoms. The smallest absolute Gasteiger partial charge is 0.488 e. The average Bonchev–Trinajstić information content (AvgIpc) is 1.59. The number of aliphatic hydroxyl groups excluding tert-OH is 3. The Morgan fingerprint density at radius 1 is 0.686 bits per heavy atom. The fraction of sp³-hybridized carbons (Fsp3) is 0.479. The summed E-state index contributed by atoms with van der Waals surface area (Å²) < 4.78 is 29.6. The molecule has 3 unspecified atom stereocenters. The molecule has 9 N–H and O–H groups in total. The number of Topliss-reactive ketones (excluding diaryl/α,β-unsaturated/α-hetero) is 2. The van der Waals surface area contributed by atoms with Crippen LogP contribution in [0.15, 0.2) is 97.1 Å². The Bertz CT molecular complexity index is 3810. The predicted octanol–water partition coefficient (Wildman–Crippen LogP) is 5.22. The van der Waals surface area contributed by atoms with Crippen LogP contribution >= 0.6 is 0 Å². The zero-order valence-electron chi connectivity index (χ0n) is 58.0. The number of aliphatic hydroxyl groups is 3. The first-order valence-electron chi connectivity index (χ1n) is 34.5. The summed E-state index contributed by atoms with van der Waals surface area (Å²) in [6.07, 6.45) is -1.00. The number of anilines is 2. The highest BCUT2D eigenvalue weighted by Crippen LogP contribution is 2.43. The van der Waals surface area contributed by atoms with Crippen LogP contribution in [-0.2, 0) is 59.7 Å². The Morgan fingerprint density at radius 3 is 1.75 bits per heavy atom. The van der Waals surface area contributed by atoms with Gasteiger partial charge in [0.25, 0.3) is 11.8 Å². The number of primary amides is 1. The summed E-state index contributed by atoms with van der Waals surface area (Å²) in [6, 6.07) is 14.9. The monoisotopic (exact) mass is 1410 g/mol. The second-order valence-electron chi connectivity index (χ2n) is 27.0. The van der Waals surface area contributed by atoms with Gasteiger partial charge < -0.3 is 75.2 Å². The topological polar surface area (TPSA) is 384 Å². The van der Waals surface area contributed by atoms with Crippen molar-refractivity contribution in [3.05, 3.63) is 130 Å². The standard InChI is InChI=1S/C73H91BN8O20/c1-42(2)52(33-51(84)14-9-7-10-25-78-64(86)30-45(5)66(78)88)65(87)77-55(15-13-24-76-71(75)93)60(85)31-46-16-18-47(19-17-46)40-101-72(94)81-56-35-61(49(39-83)32-53(56)67(89)79-37-43(3)28-58(79)69(81)91)99-26-11-8-12-27-100-63-36-57-54(34-62(63)98-6)68(90)80-38-44(4)29-59(80)70(92)82(57)73(95)102-41-48-20-22-50(23-21-48)74(96)97/h16-23,32,34-36,42,45,52,55,58-59,69-70,83,91-92,96-97H,3-4,7-15,24-31,33,37-41H2,1-2,5-6H3,(H,77,87)(H3,75,76,93)/t45?,52-,55-,58-,59-,69?,70?/m0/s1. The minimum absolute atomic E-state index is 0.00517. The van der Waals surface area contributed by atoms with Crippen molar-refractivity contribution in [3.8, 4) is 17.2 Å². The number of urea groups is 1. The van der Waals surface area contributed by atoms with Gasteiger partial charge in [0, 0.05) is 81.4 Å². The summed E-state index contributed by atoms with van der Waals surface area (Å²) in [5.74, 6) is -3.19. The molecule has 4 aromatic rings. The van der Waals surface area contributed by atoms with Gasteiger partial charge in [-0.3, -0.25) is 38.5 Å². The lowest BCUT2D eigenvalue weighted by molar-refractivity contribution is -0.139. The minimum atomic E-state index is -1.69. The van der Waals surface area contributed by atoms with Gasteiger partial charge in [0.1, 0.15) is 24.7 Å². The van der Waals surface area contributed by atoms with Crippen LogP contribution in [0.5, 0.6) is 17.2 Å². The highest BCUT2D eigenvalue weighted by Gasteiger charge is 2.48. The van der Waals surface area contributed by atoms with Gasteiger partial charge in [-0.15, -0.1) is 0 Å². The summed E-state index contributed by atoms with van der Waals surface area (Å²) in [5, 5.41) is 59.0. The fourth-order valence-corrected chi connectivity index (χ4v) is 13.4. The van der Waals surface area contributed by atoms with Crippen molar-refractivity contribution in [1.29, 1.82) is 0 Å². The SMILES string of the molecule is C=C1C[C@H]2C(O)N(C(=O)OCc3ccc(CC(=O)[C@H](CCCNC(N)=O)NC(=O)[C@@H](CC(=O)CCCCCN4C(=O)CC(C)C4=O)C(C)C)cc3)c3cc(OCCCCCOc4cc5c(cc4OC)C(=O)N4CC(=C)C[C@H]4C(O)N5C(=O)OCc4ccc(B(O)O)cc4)c(CO)cc3C(=O)N2C1. The van der Waals surface area contributed by atoms with Gasteiger partial charge in [-0.25, -0.2) is 24.2 Å². The molecule has 0 bridgehead atoms. The molecule has 5 heterocycles. The van der Waals surface area contributed by atoms with E-state index in [-0.39, 0.29) is 183 Å². The number of unbranched alkanes of at least 4 members (excludes halogenated alkanes) is 4. The van der Waals surface area contributed by atoms with Gasteiger partial charge in [0.05, 0.1) is 67.6 Å². The lowest BCUT2D eigenvalue weighted by atomic mass is 9.80. The van der Waals surface area contributed by atoms with Crippen LogP contribution in [-0.4, -0.2) is 184 Å². The van der Waals surface area contributed by atoms with E-state index in [1.54, 1.807) is 43.3 Å².